The Hall–Kier alpha value is -0.630. The van der Waals surface area contributed by atoms with Crippen molar-refractivity contribution in [2.24, 2.45) is 11.3 Å². The Morgan fingerprint density at radius 2 is 2.08 bits per heavy atom. The largest absolute Gasteiger partial charge is 0.315 e. The average molecular weight is 179 g/mol. The maximum Gasteiger partial charge on any atom is 0.141 e. The number of hydrogen-bond acceptors (Lipinski definition) is 2. The number of carbonyl (C=O) groups is 1. The van der Waals surface area contributed by atoms with E-state index in [2.05, 4.69) is 24.4 Å². The van der Waals surface area contributed by atoms with Crippen LogP contribution in [0.3, 0.4) is 0 Å². The smallest absolute Gasteiger partial charge is 0.141 e. The molecule has 0 bridgehead atoms. The number of hydrogen-bond donors (Lipinski definition) is 1. The van der Waals surface area contributed by atoms with Crippen molar-refractivity contribution in [2.75, 3.05) is 13.1 Å². The van der Waals surface area contributed by atoms with Gasteiger partial charge in [-0.15, -0.1) is 0 Å². The van der Waals surface area contributed by atoms with Crippen LogP contribution in [-0.2, 0) is 4.79 Å². The summed E-state index contributed by atoms with van der Waals surface area (Å²) in [4.78, 5) is 11.8. The first-order valence-electron chi connectivity index (χ1n) is 5.10. The lowest BCUT2D eigenvalue weighted by Crippen LogP contribution is -2.56. The maximum absolute atomic E-state index is 11.8. The molecule has 0 spiro atoms. The summed E-state index contributed by atoms with van der Waals surface area (Å²) in [5.74, 6) is 1.06. The molecule has 0 aromatic carbocycles. The molecule has 13 heavy (non-hydrogen) atoms. The third kappa shape index (κ3) is 1.68. The van der Waals surface area contributed by atoms with Gasteiger partial charge in [0.15, 0.2) is 0 Å². The summed E-state index contributed by atoms with van der Waals surface area (Å²) in [6, 6.07) is 0. The first-order valence-corrected chi connectivity index (χ1v) is 5.10. The lowest BCUT2D eigenvalue weighted by atomic mass is 9.76. The Labute approximate surface area is 79.4 Å². The maximum atomic E-state index is 11.8. The molecule has 72 valence electrons. The van der Waals surface area contributed by atoms with Gasteiger partial charge in [-0.1, -0.05) is 19.1 Å². The number of Topliss-reactive ketones (excluding diaryl/α,β-unsaturated/α-hetero) is 1. The van der Waals surface area contributed by atoms with E-state index in [0.717, 1.165) is 32.4 Å². The first kappa shape index (κ1) is 8.95. The first-order chi connectivity index (χ1) is 6.21. The molecule has 1 aliphatic carbocycles. The molecular formula is C11H17NO. The Morgan fingerprint density at radius 3 is 2.54 bits per heavy atom. The van der Waals surface area contributed by atoms with Gasteiger partial charge in [0, 0.05) is 19.5 Å². The molecule has 1 aliphatic heterocycles. The van der Waals surface area contributed by atoms with Crippen LogP contribution in [0.25, 0.3) is 0 Å². The molecule has 2 heteroatoms. The van der Waals surface area contributed by atoms with Crippen molar-refractivity contribution in [3.8, 4) is 0 Å². The second-order valence-electron chi connectivity index (χ2n) is 4.60. The van der Waals surface area contributed by atoms with Gasteiger partial charge >= 0.3 is 0 Å². The van der Waals surface area contributed by atoms with Crippen molar-refractivity contribution in [3.63, 3.8) is 0 Å². The van der Waals surface area contributed by atoms with E-state index in [9.17, 15) is 4.79 Å². The lowest BCUT2D eigenvalue weighted by Gasteiger charge is -2.38. The van der Waals surface area contributed by atoms with E-state index in [-0.39, 0.29) is 5.41 Å². The zero-order valence-electron chi connectivity index (χ0n) is 8.18. The van der Waals surface area contributed by atoms with Crippen molar-refractivity contribution in [2.45, 2.75) is 26.2 Å². The molecule has 1 saturated heterocycles. The van der Waals surface area contributed by atoms with Crippen LogP contribution in [0.4, 0.5) is 0 Å². The molecule has 2 rings (SSSR count). The second kappa shape index (κ2) is 3.26. The van der Waals surface area contributed by atoms with Crippen LogP contribution < -0.4 is 5.32 Å². The van der Waals surface area contributed by atoms with Crippen molar-refractivity contribution in [3.05, 3.63) is 12.2 Å². The minimum atomic E-state index is -0.0391. The highest BCUT2D eigenvalue weighted by atomic mass is 16.1. The topological polar surface area (TPSA) is 29.1 Å². The zero-order valence-corrected chi connectivity index (χ0v) is 8.18. The fraction of sp³-hybridized carbons (Fsp3) is 0.727. The fourth-order valence-electron chi connectivity index (χ4n) is 2.05. The summed E-state index contributed by atoms with van der Waals surface area (Å²) in [5, 5.41) is 3.17. The predicted molar refractivity (Wildman–Crippen MR) is 52.5 cm³/mol. The highest BCUT2D eigenvalue weighted by molar-refractivity contribution is 5.86. The van der Waals surface area contributed by atoms with Gasteiger partial charge < -0.3 is 5.32 Å². The molecule has 0 aromatic rings. The standard InChI is InChI=1S/C11H17NO/c1-11(7-12-8-11)10(13)6-9-4-2-3-5-9/h2-3,9,12H,4-8H2,1H3. The molecule has 0 saturated carbocycles. The van der Waals surface area contributed by atoms with Gasteiger partial charge in [0.05, 0.1) is 5.41 Å². The molecule has 0 amide bonds. The van der Waals surface area contributed by atoms with E-state index in [1.807, 2.05) is 0 Å². The number of rotatable bonds is 3. The van der Waals surface area contributed by atoms with Crippen molar-refractivity contribution in [1.29, 1.82) is 0 Å². The Morgan fingerprint density at radius 1 is 1.46 bits per heavy atom. The van der Waals surface area contributed by atoms with Gasteiger partial charge in [-0.2, -0.15) is 0 Å². The predicted octanol–water partition coefficient (Wildman–Crippen LogP) is 1.52. The molecule has 0 radical (unpaired) electrons. The van der Waals surface area contributed by atoms with Gasteiger partial charge in [-0.3, -0.25) is 4.79 Å². The van der Waals surface area contributed by atoms with Gasteiger partial charge in [-0.25, -0.2) is 0 Å². The van der Waals surface area contributed by atoms with E-state index in [1.165, 1.54) is 0 Å². The average Bonchev–Trinajstić information content (AvgIpc) is 2.52. The summed E-state index contributed by atoms with van der Waals surface area (Å²) >= 11 is 0. The Kier molecular flexibility index (Phi) is 2.24. The highest BCUT2D eigenvalue weighted by Gasteiger charge is 2.39. The van der Waals surface area contributed by atoms with Crippen LogP contribution >= 0.6 is 0 Å². The van der Waals surface area contributed by atoms with Crippen molar-refractivity contribution < 1.29 is 4.79 Å². The molecule has 2 aliphatic rings. The summed E-state index contributed by atoms with van der Waals surface area (Å²) < 4.78 is 0. The monoisotopic (exact) mass is 179 g/mol. The molecule has 1 fully saturated rings. The van der Waals surface area contributed by atoms with Gasteiger partial charge in [0.2, 0.25) is 0 Å². The van der Waals surface area contributed by atoms with Crippen LogP contribution in [0.15, 0.2) is 12.2 Å². The third-order valence-electron chi connectivity index (χ3n) is 3.28. The molecule has 2 nitrogen and oxygen atoms in total. The van der Waals surface area contributed by atoms with Gasteiger partial charge in [-0.05, 0) is 18.8 Å². The number of allylic oxidation sites excluding steroid dienone is 2. The SMILES string of the molecule is CC1(C(=O)CC2CC=CC2)CNC1. The molecule has 1 heterocycles. The molecule has 0 aromatic heterocycles. The normalized spacial score (nSPS) is 25.9. The minimum absolute atomic E-state index is 0.0391. The van der Waals surface area contributed by atoms with Crippen LogP contribution in [0, 0.1) is 11.3 Å². The van der Waals surface area contributed by atoms with E-state index in [1.54, 1.807) is 0 Å². The third-order valence-corrected chi connectivity index (χ3v) is 3.28. The van der Waals surface area contributed by atoms with E-state index in [0.29, 0.717) is 11.7 Å². The van der Waals surface area contributed by atoms with Crippen LogP contribution in [0.2, 0.25) is 0 Å². The van der Waals surface area contributed by atoms with E-state index >= 15 is 0 Å². The summed E-state index contributed by atoms with van der Waals surface area (Å²) in [6.07, 6.45) is 7.38. The van der Waals surface area contributed by atoms with E-state index < -0.39 is 0 Å². The Balaban J connectivity index is 1.84. The van der Waals surface area contributed by atoms with Crippen LogP contribution in [0.5, 0.6) is 0 Å². The summed E-state index contributed by atoms with van der Waals surface area (Å²) in [6.45, 7) is 3.84. The highest BCUT2D eigenvalue weighted by Crippen LogP contribution is 2.29. The van der Waals surface area contributed by atoms with Gasteiger partial charge in [0.25, 0.3) is 0 Å². The zero-order chi connectivity index (χ0) is 9.31. The minimum Gasteiger partial charge on any atom is -0.315 e. The number of nitrogens with one attached hydrogen (secondary N) is 1. The van der Waals surface area contributed by atoms with Crippen LogP contribution in [0.1, 0.15) is 26.2 Å². The molecule has 0 atom stereocenters. The van der Waals surface area contributed by atoms with Crippen molar-refractivity contribution in [1.82, 2.24) is 5.32 Å². The molecule has 0 unspecified atom stereocenters. The van der Waals surface area contributed by atoms with Crippen molar-refractivity contribution >= 4 is 5.78 Å². The number of ketones is 1. The van der Waals surface area contributed by atoms with E-state index in [4.69, 9.17) is 0 Å². The molecule has 1 N–H and O–H groups in total. The second-order valence-corrected chi connectivity index (χ2v) is 4.60. The van der Waals surface area contributed by atoms with Crippen LogP contribution in [-0.4, -0.2) is 18.9 Å². The fourth-order valence-corrected chi connectivity index (χ4v) is 2.05. The quantitative estimate of drug-likeness (QED) is 0.665. The molecular weight excluding hydrogens is 162 g/mol. The summed E-state index contributed by atoms with van der Waals surface area (Å²) in [5.41, 5.74) is -0.0391. The lowest BCUT2D eigenvalue weighted by molar-refractivity contribution is -0.131. The van der Waals surface area contributed by atoms with Gasteiger partial charge in [0.1, 0.15) is 5.78 Å². The summed E-state index contributed by atoms with van der Waals surface area (Å²) in [7, 11) is 0. The Bertz CT molecular complexity index is 232. The number of carbonyl (C=O) groups excluding carboxylic acids is 1.